The molecule has 0 bridgehead atoms. The number of aryl methyl sites for hydroxylation is 1. The Hall–Kier alpha value is -3.26. The molecule has 0 saturated carbocycles. The number of aliphatic hydroxyl groups is 1. The van der Waals surface area contributed by atoms with Crippen LogP contribution in [0.15, 0.2) is 41.7 Å². The van der Waals surface area contributed by atoms with Crippen molar-refractivity contribution in [1.82, 2.24) is 33.9 Å². The van der Waals surface area contributed by atoms with Gasteiger partial charge in [-0.3, -0.25) is 18.8 Å². The minimum Gasteiger partial charge on any atom is -0.388 e. The fourth-order valence-corrected chi connectivity index (χ4v) is 6.92. The maximum Gasteiger partial charge on any atom is 0.281 e. The number of aromatic nitrogens is 5. The Labute approximate surface area is 249 Å². The SMILES string of the molecule is CNC1CCc2ccc(-c3snc4c(=O)n(CC5(O)CCN(C(=O)CC(C(F)F)n6cc(Cl)cn6)CC5)cnc34)cc21. The lowest BCUT2D eigenvalue weighted by Crippen LogP contribution is -2.50. The Balaban J connectivity index is 1.14. The molecule has 42 heavy (non-hydrogen) atoms. The van der Waals surface area contributed by atoms with E-state index in [1.807, 2.05) is 13.1 Å². The Morgan fingerprint density at radius 2 is 2.07 bits per heavy atom. The zero-order valence-electron chi connectivity index (χ0n) is 22.8. The summed E-state index contributed by atoms with van der Waals surface area (Å²) in [6, 6.07) is 5.18. The fourth-order valence-electron chi connectivity index (χ4n) is 5.96. The summed E-state index contributed by atoms with van der Waals surface area (Å²) in [5.74, 6) is -0.461. The van der Waals surface area contributed by atoms with Gasteiger partial charge in [-0.15, -0.1) is 0 Å². The summed E-state index contributed by atoms with van der Waals surface area (Å²) in [6.45, 7) is 0.322. The van der Waals surface area contributed by atoms with Crippen LogP contribution in [0.3, 0.4) is 0 Å². The molecule has 1 saturated heterocycles. The molecule has 0 spiro atoms. The normalized spacial score (nSPS) is 19.0. The second kappa shape index (κ2) is 11.4. The van der Waals surface area contributed by atoms with Crippen molar-refractivity contribution in [1.29, 1.82) is 0 Å². The first kappa shape index (κ1) is 28.8. The number of rotatable bonds is 8. The molecule has 0 radical (unpaired) electrons. The van der Waals surface area contributed by atoms with Gasteiger partial charge in [0, 0.05) is 25.3 Å². The highest BCUT2D eigenvalue weighted by atomic mass is 35.5. The summed E-state index contributed by atoms with van der Waals surface area (Å²) in [5.41, 5.74) is 2.70. The average Bonchev–Trinajstić information content (AvgIpc) is 3.71. The van der Waals surface area contributed by atoms with Crippen LogP contribution < -0.4 is 10.9 Å². The van der Waals surface area contributed by atoms with Crippen LogP contribution in [0.5, 0.6) is 0 Å². The van der Waals surface area contributed by atoms with Crippen molar-refractivity contribution in [2.45, 2.75) is 62.8 Å². The van der Waals surface area contributed by atoms with E-state index in [2.05, 4.69) is 31.9 Å². The lowest BCUT2D eigenvalue weighted by molar-refractivity contribution is -0.138. The zero-order chi connectivity index (χ0) is 29.6. The molecule has 2 atom stereocenters. The van der Waals surface area contributed by atoms with E-state index in [0.29, 0.717) is 11.6 Å². The van der Waals surface area contributed by atoms with Crippen LogP contribution in [0.2, 0.25) is 5.02 Å². The highest BCUT2D eigenvalue weighted by Crippen LogP contribution is 2.37. The monoisotopic (exact) mass is 617 g/mol. The van der Waals surface area contributed by atoms with Crippen LogP contribution in [0, 0.1) is 0 Å². The summed E-state index contributed by atoms with van der Waals surface area (Å²) in [6.07, 6.45) is 3.13. The topological polar surface area (TPSA) is 118 Å². The zero-order valence-corrected chi connectivity index (χ0v) is 24.4. The van der Waals surface area contributed by atoms with E-state index in [1.54, 1.807) is 0 Å². The lowest BCUT2D eigenvalue weighted by Gasteiger charge is -2.38. The summed E-state index contributed by atoms with van der Waals surface area (Å²) < 4.78 is 34.1. The summed E-state index contributed by atoms with van der Waals surface area (Å²) >= 11 is 7.04. The van der Waals surface area contributed by atoms with Gasteiger partial charge in [-0.05, 0) is 67.0 Å². The minimum absolute atomic E-state index is 0.0161. The molecule has 2 unspecified atom stereocenters. The van der Waals surface area contributed by atoms with Crippen molar-refractivity contribution in [3.8, 4) is 10.4 Å². The van der Waals surface area contributed by atoms with Crippen LogP contribution in [-0.2, 0) is 17.8 Å². The number of nitrogens with one attached hydrogen (secondary N) is 1. The first-order valence-corrected chi connectivity index (χ1v) is 14.9. The molecule has 4 aromatic rings. The van der Waals surface area contributed by atoms with Gasteiger partial charge in [0.15, 0.2) is 5.52 Å². The molecule has 222 valence electrons. The van der Waals surface area contributed by atoms with Crippen molar-refractivity contribution in [2.24, 2.45) is 0 Å². The minimum atomic E-state index is -2.81. The number of halogens is 3. The van der Waals surface area contributed by atoms with Crippen molar-refractivity contribution < 1.29 is 18.7 Å². The number of likely N-dealkylation sites (tertiary alicyclic amines) is 1. The quantitative estimate of drug-likeness (QED) is 0.309. The second-order valence-corrected chi connectivity index (χ2v) is 12.2. The Morgan fingerprint density at radius 3 is 2.76 bits per heavy atom. The molecule has 4 heterocycles. The van der Waals surface area contributed by atoms with Crippen molar-refractivity contribution in [3.63, 3.8) is 0 Å². The fraction of sp³-hybridized carbons (Fsp3) is 0.464. The van der Waals surface area contributed by atoms with Crippen molar-refractivity contribution in [2.75, 3.05) is 20.1 Å². The van der Waals surface area contributed by atoms with E-state index < -0.39 is 30.4 Å². The number of benzene rings is 1. The lowest BCUT2D eigenvalue weighted by atomic mass is 9.91. The molecule has 1 amide bonds. The number of alkyl halides is 2. The van der Waals surface area contributed by atoms with Crippen LogP contribution in [0.4, 0.5) is 8.78 Å². The number of fused-ring (bicyclic) bond motifs is 2. The number of hydrogen-bond donors (Lipinski definition) is 2. The third-order valence-electron chi connectivity index (χ3n) is 8.39. The van der Waals surface area contributed by atoms with Gasteiger partial charge in [0.05, 0.1) is 41.0 Å². The number of carbonyl (C=O) groups is 1. The molecule has 6 rings (SSSR count). The summed E-state index contributed by atoms with van der Waals surface area (Å²) in [4.78, 5) is 33.0. The number of carbonyl (C=O) groups excluding carboxylic acids is 1. The van der Waals surface area contributed by atoms with Gasteiger partial charge in [0.2, 0.25) is 5.91 Å². The highest BCUT2D eigenvalue weighted by molar-refractivity contribution is 7.11. The number of hydrogen-bond acceptors (Lipinski definition) is 8. The van der Waals surface area contributed by atoms with Crippen LogP contribution in [-0.4, -0.2) is 71.8 Å². The third-order valence-corrected chi connectivity index (χ3v) is 9.47. The maximum atomic E-state index is 13.7. The van der Waals surface area contributed by atoms with E-state index in [4.69, 9.17) is 11.6 Å². The standard InChI is InChI=1S/C28H30ClF2N7O3S/c1-32-20-5-4-16-2-3-17(10-19(16)20)25-23-24(35-42-25)27(40)37(15-33-23)14-28(41)6-8-36(9-7-28)22(39)11-21(26(30)31)38-13-18(29)12-34-38/h2-3,10,12-13,15,20-21,26,32,41H,4-9,11,14H2,1H3. The molecule has 1 aromatic carbocycles. The predicted octanol–water partition coefficient (Wildman–Crippen LogP) is 3.83. The number of piperidine rings is 1. The van der Waals surface area contributed by atoms with Gasteiger partial charge in [0.25, 0.3) is 12.0 Å². The summed E-state index contributed by atoms with van der Waals surface area (Å²) in [7, 11) is 1.95. The van der Waals surface area contributed by atoms with Gasteiger partial charge < -0.3 is 15.3 Å². The molecule has 2 N–H and O–H groups in total. The molecule has 1 fully saturated rings. The van der Waals surface area contributed by atoms with Crippen molar-refractivity contribution >= 4 is 40.1 Å². The second-order valence-electron chi connectivity index (χ2n) is 11.0. The molecule has 2 aliphatic rings. The molecule has 1 aliphatic heterocycles. The van der Waals surface area contributed by atoms with E-state index in [9.17, 15) is 23.5 Å². The molecular formula is C28H30ClF2N7O3S. The first-order valence-electron chi connectivity index (χ1n) is 13.8. The van der Waals surface area contributed by atoms with Crippen molar-refractivity contribution in [3.05, 3.63) is 63.4 Å². The van der Waals surface area contributed by atoms with E-state index >= 15 is 0 Å². The molecule has 3 aromatic heterocycles. The van der Waals surface area contributed by atoms with Crippen LogP contribution in [0.1, 0.15) is 48.9 Å². The molecular weight excluding hydrogens is 588 g/mol. The van der Waals surface area contributed by atoms with Crippen LogP contribution in [0.25, 0.3) is 21.5 Å². The summed E-state index contributed by atoms with van der Waals surface area (Å²) in [5, 5.41) is 18.7. The van der Waals surface area contributed by atoms with Gasteiger partial charge in [0.1, 0.15) is 11.6 Å². The van der Waals surface area contributed by atoms with E-state index in [0.717, 1.165) is 28.0 Å². The number of nitrogens with zero attached hydrogens (tertiary/aromatic N) is 6. The highest BCUT2D eigenvalue weighted by Gasteiger charge is 2.36. The first-order chi connectivity index (χ1) is 20.2. The largest absolute Gasteiger partial charge is 0.388 e. The van der Waals surface area contributed by atoms with Crippen LogP contribution >= 0.6 is 23.1 Å². The Morgan fingerprint density at radius 1 is 1.29 bits per heavy atom. The average molecular weight is 618 g/mol. The maximum absolute atomic E-state index is 13.7. The molecule has 14 heteroatoms. The third kappa shape index (κ3) is 5.46. The van der Waals surface area contributed by atoms with Gasteiger partial charge in [-0.25, -0.2) is 13.8 Å². The van der Waals surface area contributed by atoms with Gasteiger partial charge >= 0.3 is 0 Å². The smallest absolute Gasteiger partial charge is 0.281 e. The van der Waals surface area contributed by atoms with E-state index in [-0.39, 0.29) is 48.6 Å². The molecule has 10 nitrogen and oxygen atoms in total. The van der Waals surface area contributed by atoms with Gasteiger partial charge in [-0.2, -0.15) is 9.47 Å². The molecule has 1 aliphatic carbocycles. The van der Waals surface area contributed by atoms with Gasteiger partial charge in [-0.1, -0.05) is 23.7 Å². The van der Waals surface area contributed by atoms with E-state index in [1.165, 1.54) is 50.8 Å². The Bertz CT molecular complexity index is 1680. The Kier molecular flexibility index (Phi) is 7.85. The predicted molar refractivity (Wildman–Crippen MR) is 155 cm³/mol. The number of amides is 1.